The molecule has 9 heteroatoms. The summed E-state index contributed by atoms with van der Waals surface area (Å²) in [7, 11) is 4.14. The van der Waals surface area contributed by atoms with Crippen LogP contribution in [0.3, 0.4) is 0 Å². The molecule has 0 bridgehead atoms. The van der Waals surface area contributed by atoms with Gasteiger partial charge in [0, 0.05) is 41.9 Å². The van der Waals surface area contributed by atoms with E-state index in [-0.39, 0.29) is 5.91 Å². The van der Waals surface area contributed by atoms with E-state index in [9.17, 15) is 4.79 Å². The molecule has 0 saturated heterocycles. The Morgan fingerprint density at radius 2 is 1.82 bits per heavy atom. The number of imidazole rings is 1. The lowest BCUT2D eigenvalue weighted by Gasteiger charge is -2.13. The highest BCUT2D eigenvalue weighted by Crippen LogP contribution is 2.35. The molecule has 0 unspecified atom stereocenters. The molecule has 1 aliphatic carbocycles. The maximum Gasteiger partial charge on any atom is 0.251 e. The van der Waals surface area contributed by atoms with Gasteiger partial charge in [0.15, 0.2) is 5.82 Å². The smallest absolute Gasteiger partial charge is 0.251 e. The van der Waals surface area contributed by atoms with E-state index < -0.39 is 0 Å². The summed E-state index contributed by atoms with van der Waals surface area (Å²) in [5.74, 6) is 2.00. The fraction of sp³-hybridized carbons (Fsp3) is 0.258. The molecule has 0 aliphatic heterocycles. The standard InChI is InChI=1S/C31H33BrN6O2/c1-38(2)16-15-34-29(22-9-10-22)28-20-36-30(37-28)27-19-26(12-14-33-27)40-25-8-3-5-21(17-25)11-13-35-31(39)23-6-4-7-24(32)18-23/h3-8,12,14,17-20,34H,9-11,13,15-16H2,1-2H3,(H,35,39)(H,36,37). The Morgan fingerprint density at radius 3 is 2.62 bits per heavy atom. The Hall–Kier alpha value is -3.95. The number of nitrogens with zero attached hydrogens (tertiary/aromatic N) is 3. The lowest BCUT2D eigenvalue weighted by molar-refractivity contribution is 0.0954. The minimum absolute atomic E-state index is 0.0936. The third-order valence-electron chi connectivity index (χ3n) is 6.45. The number of halogens is 1. The van der Waals surface area contributed by atoms with Gasteiger partial charge >= 0.3 is 0 Å². The number of allylic oxidation sites excluding steroid dienone is 1. The van der Waals surface area contributed by atoms with Gasteiger partial charge in [0.1, 0.15) is 17.2 Å². The first-order chi connectivity index (χ1) is 19.4. The Kier molecular flexibility index (Phi) is 8.93. The van der Waals surface area contributed by atoms with Gasteiger partial charge in [-0.2, -0.15) is 0 Å². The fourth-order valence-corrected chi connectivity index (χ4v) is 4.66. The molecule has 1 amide bonds. The Balaban J connectivity index is 1.20. The molecule has 2 aromatic heterocycles. The van der Waals surface area contributed by atoms with Gasteiger partial charge in [0.25, 0.3) is 5.91 Å². The molecule has 0 radical (unpaired) electrons. The quantitative estimate of drug-likeness (QED) is 0.194. The first kappa shape index (κ1) is 27.6. The molecule has 1 fully saturated rings. The van der Waals surface area contributed by atoms with Crippen LogP contribution >= 0.6 is 15.9 Å². The van der Waals surface area contributed by atoms with Gasteiger partial charge in [-0.3, -0.25) is 9.78 Å². The van der Waals surface area contributed by atoms with Gasteiger partial charge in [-0.1, -0.05) is 34.1 Å². The molecular formula is C31H33BrN6O2. The maximum absolute atomic E-state index is 12.4. The average molecular weight is 602 g/mol. The van der Waals surface area contributed by atoms with Gasteiger partial charge in [0.05, 0.1) is 17.6 Å². The van der Waals surface area contributed by atoms with Crippen molar-refractivity contribution in [3.63, 3.8) is 0 Å². The molecular weight excluding hydrogens is 568 g/mol. The number of hydrogen-bond acceptors (Lipinski definition) is 6. The zero-order valence-corrected chi connectivity index (χ0v) is 24.3. The Bertz CT molecular complexity index is 1510. The largest absolute Gasteiger partial charge is 0.457 e. The highest BCUT2D eigenvalue weighted by molar-refractivity contribution is 9.10. The highest BCUT2D eigenvalue weighted by atomic mass is 79.9. The predicted octanol–water partition coefficient (Wildman–Crippen LogP) is 5.66. The number of carbonyl (C=O) groups excluding carboxylic acids is 1. The van der Waals surface area contributed by atoms with Crippen molar-refractivity contribution < 1.29 is 9.53 Å². The SMILES string of the molecule is CN(C)CCNC(=C1CC1)c1cnc(-c2cc(Oc3cccc(CCNC(=O)c4cccc(Br)c4)c3)ccn2)[nH]1. The van der Waals surface area contributed by atoms with Crippen molar-refractivity contribution in [1.82, 2.24) is 30.5 Å². The van der Waals surface area contributed by atoms with Crippen molar-refractivity contribution in [1.29, 1.82) is 0 Å². The Morgan fingerprint density at radius 1 is 1.00 bits per heavy atom. The number of aromatic amines is 1. The fourth-order valence-electron chi connectivity index (χ4n) is 4.26. The summed E-state index contributed by atoms with van der Waals surface area (Å²) < 4.78 is 7.05. The zero-order valence-electron chi connectivity index (χ0n) is 22.7. The lowest BCUT2D eigenvalue weighted by Crippen LogP contribution is -2.25. The monoisotopic (exact) mass is 600 g/mol. The maximum atomic E-state index is 12.4. The number of rotatable bonds is 12. The van der Waals surface area contributed by atoms with E-state index in [4.69, 9.17) is 4.74 Å². The van der Waals surface area contributed by atoms with Crippen molar-refractivity contribution in [2.75, 3.05) is 33.7 Å². The molecule has 2 aromatic carbocycles. The van der Waals surface area contributed by atoms with E-state index in [1.807, 2.05) is 60.8 Å². The van der Waals surface area contributed by atoms with Crippen LogP contribution in [0.15, 0.2) is 83.1 Å². The van der Waals surface area contributed by atoms with Gasteiger partial charge < -0.3 is 25.3 Å². The molecule has 0 spiro atoms. The van der Waals surface area contributed by atoms with Crippen molar-refractivity contribution in [3.05, 3.63) is 99.9 Å². The van der Waals surface area contributed by atoms with Crippen LogP contribution in [0, 0.1) is 0 Å². The topological polar surface area (TPSA) is 95.2 Å². The predicted molar refractivity (Wildman–Crippen MR) is 161 cm³/mol. The van der Waals surface area contributed by atoms with Gasteiger partial charge in [-0.05, 0) is 80.9 Å². The highest BCUT2D eigenvalue weighted by Gasteiger charge is 2.21. The second kappa shape index (κ2) is 12.9. The molecule has 1 saturated carbocycles. The summed E-state index contributed by atoms with van der Waals surface area (Å²) in [6.07, 6.45) is 6.53. The van der Waals surface area contributed by atoms with Crippen LogP contribution in [0.5, 0.6) is 11.5 Å². The molecule has 206 valence electrons. The number of benzene rings is 2. The van der Waals surface area contributed by atoms with E-state index in [2.05, 4.69) is 60.5 Å². The number of amides is 1. The van der Waals surface area contributed by atoms with Gasteiger partial charge in [-0.25, -0.2) is 4.98 Å². The summed E-state index contributed by atoms with van der Waals surface area (Å²) in [6.45, 7) is 2.36. The number of ether oxygens (including phenoxy) is 1. The number of aromatic nitrogens is 3. The molecule has 4 aromatic rings. The van der Waals surface area contributed by atoms with Crippen molar-refractivity contribution in [2.24, 2.45) is 0 Å². The summed E-state index contributed by atoms with van der Waals surface area (Å²) >= 11 is 3.41. The third-order valence-corrected chi connectivity index (χ3v) is 6.95. The number of nitrogens with one attached hydrogen (secondary N) is 3. The first-order valence-corrected chi connectivity index (χ1v) is 14.2. The van der Waals surface area contributed by atoms with Crippen LogP contribution in [0.4, 0.5) is 0 Å². The summed E-state index contributed by atoms with van der Waals surface area (Å²) in [5, 5.41) is 6.55. The molecule has 40 heavy (non-hydrogen) atoms. The third kappa shape index (κ3) is 7.58. The van der Waals surface area contributed by atoms with E-state index >= 15 is 0 Å². The molecule has 0 atom stereocenters. The molecule has 5 rings (SSSR count). The van der Waals surface area contributed by atoms with Gasteiger partial charge in [-0.15, -0.1) is 0 Å². The average Bonchev–Trinajstić information content (AvgIpc) is 3.66. The number of likely N-dealkylation sites (N-methyl/N-ethyl adjacent to an activating group) is 1. The molecule has 1 aliphatic rings. The summed E-state index contributed by atoms with van der Waals surface area (Å²) in [4.78, 5) is 27.1. The van der Waals surface area contributed by atoms with Crippen molar-refractivity contribution >= 4 is 27.5 Å². The van der Waals surface area contributed by atoms with Crippen LogP contribution in [-0.2, 0) is 6.42 Å². The van der Waals surface area contributed by atoms with Crippen molar-refractivity contribution in [3.8, 4) is 23.0 Å². The first-order valence-electron chi connectivity index (χ1n) is 13.4. The van der Waals surface area contributed by atoms with Gasteiger partial charge in [0.2, 0.25) is 0 Å². The number of carbonyl (C=O) groups is 1. The van der Waals surface area contributed by atoms with E-state index in [0.29, 0.717) is 35.8 Å². The molecule has 3 N–H and O–H groups in total. The second-order valence-electron chi connectivity index (χ2n) is 10.00. The minimum Gasteiger partial charge on any atom is -0.457 e. The zero-order chi connectivity index (χ0) is 27.9. The van der Waals surface area contributed by atoms with Crippen molar-refractivity contribution in [2.45, 2.75) is 19.3 Å². The number of pyridine rings is 1. The van der Waals surface area contributed by atoms with E-state index in [0.717, 1.165) is 53.1 Å². The van der Waals surface area contributed by atoms with Crippen LogP contribution in [-0.4, -0.2) is 59.5 Å². The number of H-pyrrole nitrogens is 1. The van der Waals surface area contributed by atoms with E-state index in [1.165, 1.54) is 5.57 Å². The van der Waals surface area contributed by atoms with Crippen LogP contribution in [0.2, 0.25) is 0 Å². The number of hydrogen-bond donors (Lipinski definition) is 3. The Labute approximate surface area is 243 Å². The van der Waals surface area contributed by atoms with Crippen LogP contribution in [0.25, 0.3) is 17.2 Å². The molecule has 2 heterocycles. The minimum atomic E-state index is -0.0936. The van der Waals surface area contributed by atoms with Crippen LogP contribution in [0.1, 0.15) is 34.5 Å². The normalized spacial score (nSPS) is 12.3. The second-order valence-corrected chi connectivity index (χ2v) is 10.9. The lowest BCUT2D eigenvalue weighted by atomic mass is 10.1. The summed E-state index contributed by atoms with van der Waals surface area (Å²) in [5.41, 5.74) is 5.96. The van der Waals surface area contributed by atoms with E-state index in [1.54, 1.807) is 12.3 Å². The summed E-state index contributed by atoms with van der Waals surface area (Å²) in [6, 6.07) is 19.0. The van der Waals surface area contributed by atoms with Crippen LogP contribution < -0.4 is 15.4 Å². The molecule has 8 nitrogen and oxygen atoms in total.